The number of likely N-dealkylation sites (N-methyl/N-ethyl adjacent to an activating group) is 1. The molecule has 6 nitrogen and oxygen atoms in total. The van der Waals surface area contributed by atoms with Crippen molar-refractivity contribution in [3.63, 3.8) is 0 Å². The average Bonchev–Trinajstić information content (AvgIpc) is 2.91. The molecular formula is C15H20N4O2. The van der Waals surface area contributed by atoms with Crippen LogP contribution in [0.2, 0.25) is 0 Å². The zero-order valence-corrected chi connectivity index (χ0v) is 12.5. The minimum Gasteiger partial charge on any atom is -0.484 e. The normalized spacial score (nSPS) is 11.8. The number of hydrogen-bond acceptors (Lipinski definition) is 4. The van der Waals surface area contributed by atoms with E-state index in [4.69, 9.17) is 4.74 Å². The molecule has 0 aliphatic heterocycles. The highest BCUT2D eigenvalue weighted by molar-refractivity contribution is 5.77. The standard InChI is InChI=1S/C15H20N4O2/c1-11(14-7-8-17-19(14)3)18-12-5-4-6-13(9-12)21-10-15(20)16-2/h4-9,11,18H,10H2,1-3H3,(H,16,20). The Labute approximate surface area is 124 Å². The molecule has 0 saturated heterocycles. The zero-order valence-electron chi connectivity index (χ0n) is 12.5. The SMILES string of the molecule is CNC(=O)COc1cccc(NC(C)c2ccnn2C)c1. The summed E-state index contributed by atoms with van der Waals surface area (Å²) in [5, 5.41) is 10.1. The number of nitrogens with one attached hydrogen (secondary N) is 2. The van der Waals surface area contributed by atoms with E-state index in [1.54, 1.807) is 13.2 Å². The van der Waals surface area contributed by atoms with Crippen LogP contribution in [0.3, 0.4) is 0 Å². The predicted molar refractivity (Wildman–Crippen MR) is 81.2 cm³/mol. The molecule has 1 heterocycles. The highest BCUT2D eigenvalue weighted by Crippen LogP contribution is 2.22. The van der Waals surface area contributed by atoms with Gasteiger partial charge in [-0.15, -0.1) is 0 Å². The number of carbonyl (C=O) groups is 1. The number of hydrogen-bond donors (Lipinski definition) is 2. The van der Waals surface area contributed by atoms with Gasteiger partial charge in [0.15, 0.2) is 6.61 Å². The van der Waals surface area contributed by atoms with Gasteiger partial charge in [-0.2, -0.15) is 5.10 Å². The van der Waals surface area contributed by atoms with Crippen LogP contribution in [0.15, 0.2) is 36.5 Å². The maximum absolute atomic E-state index is 11.2. The van der Waals surface area contributed by atoms with Gasteiger partial charge in [0.25, 0.3) is 5.91 Å². The van der Waals surface area contributed by atoms with E-state index in [-0.39, 0.29) is 18.6 Å². The van der Waals surface area contributed by atoms with Gasteiger partial charge in [-0.1, -0.05) is 6.07 Å². The first-order valence-corrected chi connectivity index (χ1v) is 6.78. The highest BCUT2D eigenvalue weighted by atomic mass is 16.5. The minimum absolute atomic E-state index is 0.0111. The lowest BCUT2D eigenvalue weighted by Gasteiger charge is -2.16. The Morgan fingerprint density at radius 1 is 1.43 bits per heavy atom. The lowest BCUT2D eigenvalue weighted by Crippen LogP contribution is -2.24. The van der Waals surface area contributed by atoms with E-state index in [2.05, 4.69) is 22.7 Å². The van der Waals surface area contributed by atoms with Crippen molar-refractivity contribution < 1.29 is 9.53 Å². The van der Waals surface area contributed by atoms with E-state index in [0.717, 1.165) is 11.4 Å². The first-order valence-electron chi connectivity index (χ1n) is 6.78. The molecule has 1 atom stereocenters. The Balaban J connectivity index is 2.01. The van der Waals surface area contributed by atoms with Crippen molar-refractivity contribution in [3.8, 4) is 5.75 Å². The van der Waals surface area contributed by atoms with E-state index in [1.165, 1.54) is 0 Å². The number of anilines is 1. The van der Waals surface area contributed by atoms with Crippen LogP contribution in [0, 0.1) is 0 Å². The van der Waals surface area contributed by atoms with Gasteiger partial charge in [0, 0.05) is 32.0 Å². The maximum atomic E-state index is 11.2. The van der Waals surface area contributed by atoms with Crippen molar-refractivity contribution in [2.24, 2.45) is 7.05 Å². The van der Waals surface area contributed by atoms with Crippen LogP contribution >= 0.6 is 0 Å². The topological polar surface area (TPSA) is 68.2 Å². The van der Waals surface area contributed by atoms with Crippen molar-refractivity contribution in [1.82, 2.24) is 15.1 Å². The van der Waals surface area contributed by atoms with Gasteiger partial charge < -0.3 is 15.4 Å². The molecule has 21 heavy (non-hydrogen) atoms. The lowest BCUT2D eigenvalue weighted by atomic mass is 10.2. The molecule has 1 aromatic carbocycles. The summed E-state index contributed by atoms with van der Waals surface area (Å²) in [6, 6.07) is 9.63. The number of ether oxygens (including phenoxy) is 1. The molecule has 2 aromatic rings. The van der Waals surface area contributed by atoms with Crippen LogP contribution in [0.4, 0.5) is 5.69 Å². The van der Waals surface area contributed by atoms with Crippen LogP contribution in [-0.2, 0) is 11.8 Å². The smallest absolute Gasteiger partial charge is 0.257 e. The van der Waals surface area contributed by atoms with Crippen molar-refractivity contribution >= 4 is 11.6 Å². The molecule has 2 rings (SSSR count). The van der Waals surface area contributed by atoms with Crippen LogP contribution < -0.4 is 15.4 Å². The molecule has 1 aromatic heterocycles. The number of amides is 1. The molecule has 0 bridgehead atoms. The Kier molecular flexibility index (Phi) is 4.81. The van der Waals surface area contributed by atoms with E-state index in [1.807, 2.05) is 42.1 Å². The Morgan fingerprint density at radius 2 is 2.24 bits per heavy atom. The average molecular weight is 288 g/mol. The second kappa shape index (κ2) is 6.78. The van der Waals surface area contributed by atoms with Crippen LogP contribution in [0.1, 0.15) is 18.7 Å². The van der Waals surface area contributed by atoms with Crippen LogP contribution in [0.5, 0.6) is 5.75 Å². The fraction of sp³-hybridized carbons (Fsp3) is 0.333. The molecule has 6 heteroatoms. The first kappa shape index (κ1) is 14.9. The number of benzene rings is 1. The van der Waals surface area contributed by atoms with Gasteiger partial charge in [0.1, 0.15) is 5.75 Å². The van der Waals surface area contributed by atoms with Gasteiger partial charge in [0.2, 0.25) is 0 Å². The zero-order chi connectivity index (χ0) is 15.2. The molecule has 0 radical (unpaired) electrons. The summed E-state index contributed by atoms with van der Waals surface area (Å²) in [5.74, 6) is 0.498. The van der Waals surface area contributed by atoms with Crippen LogP contribution in [0.25, 0.3) is 0 Å². The van der Waals surface area contributed by atoms with Crippen molar-refractivity contribution in [3.05, 3.63) is 42.2 Å². The van der Waals surface area contributed by atoms with Crippen molar-refractivity contribution in [2.75, 3.05) is 19.0 Å². The summed E-state index contributed by atoms with van der Waals surface area (Å²) in [5.41, 5.74) is 2.02. The van der Waals surface area contributed by atoms with Crippen molar-refractivity contribution in [2.45, 2.75) is 13.0 Å². The predicted octanol–water partition coefficient (Wildman–Crippen LogP) is 1.72. The third-order valence-corrected chi connectivity index (χ3v) is 3.17. The van der Waals surface area contributed by atoms with Crippen LogP contribution in [-0.4, -0.2) is 29.3 Å². The molecule has 1 unspecified atom stereocenters. The molecular weight excluding hydrogens is 268 g/mol. The molecule has 0 spiro atoms. The Morgan fingerprint density at radius 3 is 2.90 bits per heavy atom. The third kappa shape index (κ3) is 3.98. The molecule has 0 aliphatic carbocycles. The number of carbonyl (C=O) groups excluding carboxylic acids is 1. The fourth-order valence-electron chi connectivity index (χ4n) is 2.03. The highest BCUT2D eigenvalue weighted by Gasteiger charge is 2.09. The van der Waals surface area contributed by atoms with Gasteiger partial charge in [0.05, 0.1) is 11.7 Å². The molecule has 1 amide bonds. The van der Waals surface area contributed by atoms with E-state index >= 15 is 0 Å². The number of rotatable bonds is 6. The largest absolute Gasteiger partial charge is 0.484 e. The Hall–Kier alpha value is -2.50. The number of aromatic nitrogens is 2. The summed E-state index contributed by atoms with van der Waals surface area (Å²) in [6.45, 7) is 2.08. The third-order valence-electron chi connectivity index (χ3n) is 3.17. The molecule has 2 N–H and O–H groups in total. The van der Waals surface area contributed by atoms with E-state index in [0.29, 0.717) is 5.75 Å². The summed E-state index contributed by atoms with van der Waals surface area (Å²) < 4.78 is 7.26. The molecule has 112 valence electrons. The van der Waals surface area contributed by atoms with Gasteiger partial charge in [-0.25, -0.2) is 0 Å². The summed E-state index contributed by atoms with van der Waals surface area (Å²) in [7, 11) is 3.50. The van der Waals surface area contributed by atoms with E-state index < -0.39 is 0 Å². The summed E-state index contributed by atoms with van der Waals surface area (Å²) in [6.07, 6.45) is 1.77. The second-order valence-electron chi connectivity index (χ2n) is 4.74. The molecule has 0 aliphatic rings. The quantitative estimate of drug-likeness (QED) is 0.849. The first-order chi connectivity index (χ1) is 10.1. The van der Waals surface area contributed by atoms with Gasteiger partial charge in [-0.05, 0) is 25.1 Å². The Bertz CT molecular complexity index is 609. The fourth-order valence-corrected chi connectivity index (χ4v) is 2.03. The number of aryl methyl sites for hydroxylation is 1. The molecule has 0 fully saturated rings. The number of nitrogens with zero attached hydrogens (tertiary/aromatic N) is 2. The van der Waals surface area contributed by atoms with Gasteiger partial charge >= 0.3 is 0 Å². The monoisotopic (exact) mass is 288 g/mol. The summed E-state index contributed by atoms with van der Waals surface area (Å²) >= 11 is 0. The molecule has 0 saturated carbocycles. The summed E-state index contributed by atoms with van der Waals surface area (Å²) in [4.78, 5) is 11.2. The van der Waals surface area contributed by atoms with Crippen molar-refractivity contribution in [1.29, 1.82) is 0 Å². The maximum Gasteiger partial charge on any atom is 0.257 e. The lowest BCUT2D eigenvalue weighted by molar-refractivity contribution is -0.122. The second-order valence-corrected chi connectivity index (χ2v) is 4.74. The van der Waals surface area contributed by atoms with Gasteiger partial charge in [-0.3, -0.25) is 9.48 Å². The minimum atomic E-state index is -0.156. The van der Waals surface area contributed by atoms with E-state index in [9.17, 15) is 4.79 Å².